The lowest BCUT2D eigenvalue weighted by molar-refractivity contribution is 0.137. The van der Waals surface area contributed by atoms with Crippen molar-refractivity contribution < 1.29 is 5.11 Å². The highest BCUT2D eigenvalue weighted by atomic mass is 16.3. The van der Waals surface area contributed by atoms with E-state index < -0.39 is 0 Å². The van der Waals surface area contributed by atoms with Crippen LogP contribution in [0, 0.1) is 18.3 Å². The van der Waals surface area contributed by atoms with Crippen molar-refractivity contribution in [2.45, 2.75) is 37.7 Å². The van der Waals surface area contributed by atoms with E-state index in [0.29, 0.717) is 11.8 Å². The first-order chi connectivity index (χ1) is 7.83. The van der Waals surface area contributed by atoms with Crippen molar-refractivity contribution in [3.63, 3.8) is 0 Å². The molecule has 0 saturated heterocycles. The quantitative estimate of drug-likeness (QED) is 0.590. The van der Waals surface area contributed by atoms with Gasteiger partial charge in [-0.3, -0.25) is 0 Å². The molecule has 1 N–H and O–H groups in total. The second kappa shape index (κ2) is 5.18. The molecule has 16 heavy (non-hydrogen) atoms. The first-order valence-corrected chi connectivity index (χ1v) is 5.99. The molecule has 1 saturated carbocycles. The van der Waals surface area contributed by atoms with Crippen molar-refractivity contribution in [2.24, 2.45) is 5.92 Å². The van der Waals surface area contributed by atoms with Crippen LogP contribution in [0.2, 0.25) is 0 Å². The Morgan fingerprint density at radius 3 is 2.81 bits per heavy atom. The summed E-state index contributed by atoms with van der Waals surface area (Å²) in [4.78, 5) is 0. The summed E-state index contributed by atoms with van der Waals surface area (Å²) in [6.45, 7) is 0. The zero-order valence-corrected chi connectivity index (χ0v) is 9.47. The van der Waals surface area contributed by atoms with Crippen LogP contribution in [0.25, 0.3) is 0 Å². The predicted octanol–water partition coefficient (Wildman–Crippen LogP) is 2.95. The standard InChI is InChI=1S/C15H18O/c1-2-3-5-10-15(16)14-11-13(14)12-8-6-4-7-9-12/h1,4,6-9,13-16H,3,5,10-11H2. The predicted molar refractivity (Wildman–Crippen MR) is 66.0 cm³/mol. The summed E-state index contributed by atoms with van der Waals surface area (Å²) in [5.74, 6) is 3.64. The van der Waals surface area contributed by atoms with Crippen LogP contribution in [0.4, 0.5) is 0 Å². The topological polar surface area (TPSA) is 20.2 Å². The van der Waals surface area contributed by atoms with Crippen LogP contribution < -0.4 is 0 Å². The van der Waals surface area contributed by atoms with E-state index in [1.54, 1.807) is 0 Å². The number of benzene rings is 1. The zero-order valence-electron chi connectivity index (χ0n) is 9.47. The molecule has 1 aromatic carbocycles. The Morgan fingerprint density at radius 1 is 1.38 bits per heavy atom. The number of aliphatic hydroxyl groups excluding tert-OH is 1. The van der Waals surface area contributed by atoms with E-state index in [0.717, 1.165) is 25.7 Å². The van der Waals surface area contributed by atoms with Crippen molar-refractivity contribution in [1.82, 2.24) is 0 Å². The maximum absolute atomic E-state index is 9.98. The van der Waals surface area contributed by atoms with E-state index in [4.69, 9.17) is 6.42 Å². The van der Waals surface area contributed by atoms with Gasteiger partial charge in [-0.15, -0.1) is 12.3 Å². The van der Waals surface area contributed by atoms with Crippen LogP contribution in [0.5, 0.6) is 0 Å². The molecule has 1 aromatic rings. The lowest BCUT2D eigenvalue weighted by Crippen LogP contribution is -2.10. The van der Waals surface area contributed by atoms with Gasteiger partial charge in [-0.2, -0.15) is 0 Å². The average Bonchev–Trinajstić information content (AvgIpc) is 3.10. The molecular formula is C15H18O. The third-order valence-corrected chi connectivity index (χ3v) is 3.38. The van der Waals surface area contributed by atoms with Crippen molar-refractivity contribution in [3.8, 4) is 12.3 Å². The normalized spacial score (nSPS) is 24.8. The lowest BCUT2D eigenvalue weighted by Gasteiger charge is -2.09. The van der Waals surface area contributed by atoms with Gasteiger partial charge >= 0.3 is 0 Å². The Labute approximate surface area is 97.5 Å². The van der Waals surface area contributed by atoms with Crippen molar-refractivity contribution in [1.29, 1.82) is 0 Å². The first-order valence-electron chi connectivity index (χ1n) is 5.99. The smallest absolute Gasteiger partial charge is 0.0574 e. The summed E-state index contributed by atoms with van der Waals surface area (Å²) in [6, 6.07) is 10.5. The van der Waals surface area contributed by atoms with Crippen LogP contribution in [0.15, 0.2) is 30.3 Å². The summed E-state index contributed by atoms with van der Waals surface area (Å²) < 4.78 is 0. The first kappa shape index (κ1) is 11.2. The highest BCUT2D eigenvalue weighted by molar-refractivity contribution is 5.26. The van der Waals surface area contributed by atoms with Crippen LogP contribution in [-0.2, 0) is 0 Å². The monoisotopic (exact) mass is 214 g/mol. The van der Waals surface area contributed by atoms with Crippen LogP contribution in [0.3, 0.4) is 0 Å². The molecule has 2 rings (SSSR count). The van der Waals surface area contributed by atoms with Gasteiger partial charge in [-0.25, -0.2) is 0 Å². The molecule has 1 fully saturated rings. The average molecular weight is 214 g/mol. The fraction of sp³-hybridized carbons (Fsp3) is 0.467. The van der Waals surface area contributed by atoms with Crippen LogP contribution >= 0.6 is 0 Å². The Morgan fingerprint density at radius 2 is 2.12 bits per heavy atom. The van der Waals surface area contributed by atoms with Gasteiger partial charge in [-0.1, -0.05) is 30.3 Å². The molecule has 0 spiro atoms. The Bertz CT molecular complexity index is 363. The fourth-order valence-corrected chi connectivity index (χ4v) is 2.35. The molecule has 0 heterocycles. The molecule has 1 aliphatic carbocycles. The van der Waals surface area contributed by atoms with Crippen molar-refractivity contribution >= 4 is 0 Å². The van der Waals surface area contributed by atoms with E-state index >= 15 is 0 Å². The van der Waals surface area contributed by atoms with Crippen LogP contribution in [-0.4, -0.2) is 11.2 Å². The Hall–Kier alpha value is -1.26. The molecule has 3 atom stereocenters. The van der Waals surface area contributed by atoms with E-state index in [9.17, 15) is 5.11 Å². The molecule has 1 heteroatoms. The molecule has 0 aliphatic heterocycles. The van der Waals surface area contributed by atoms with E-state index in [-0.39, 0.29) is 6.10 Å². The van der Waals surface area contributed by atoms with Gasteiger partial charge in [-0.05, 0) is 36.7 Å². The third kappa shape index (κ3) is 2.65. The Kier molecular flexibility index (Phi) is 3.64. The number of unbranched alkanes of at least 4 members (excludes halogenated alkanes) is 1. The maximum atomic E-state index is 9.98. The van der Waals surface area contributed by atoms with Gasteiger partial charge in [0.15, 0.2) is 0 Å². The van der Waals surface area contributed by atoms with Gasteiger partial charge < -0.3 is 5.11 Å². The number of hydrogen-bond acceptors (Lipinski definition) is 1. The Balaban J connectivity index is 1.81. The zero-order chi connectivity index (χ0) is 11.4. The summed E-state index contributed by atoms with van der Waals surface area (Å²) in [7, 11) is 0. The van der Waals surface area contributed by atoms with E-state index in [2.05, 4.69) is 30.2 Å². The second-order valence-electron chi connectivity index (χ2n) is 4.58. The van der Waals surface area contributed by atoms with Crippen LogP contribution in [0.1, 0.15) is 37.2 Å². The fourth-order valence-electron chi connectivity index (χ4n) is 2.35. The molecular weight excluding hydrogens is 196 g/mol. The molecule has 1 nitrogen and oxygen atoms in total. The van der Waals surface area contributed by atoms with Gasteiger partial charge in [0.1, 0.15) is 0 Å². The van der Waals surface area contributed by atoms with Gasteiger partial charge in [0.05, 0.1) is 6.10 Å². The highest BCUT2D eigenvalue weighted by Crippen LogP contribution is 2.50. The van der Waals surface area contributed by atoms with E-state index in [1.165, 1.54) is 5.56 Å². The summed E-state index contributed by atoms with van der Waals surface area (Å²) in [5.41, 5.74) is 1.36. The highest BCUT2D eigenvalue weighted by Gasteiger charge is 2.42. The minimum Gasteiger partial charge on any atom is -0.393 e. The minimum absolute atomic E-state index is 0.168. The van der Waals surface area contributed by atoms with Gasteiger partial charge in [0.2, 0.25) is 0 Å². The van der Waals surface area contributed by atoms with Gasteiger partial charge in [0.25, 0.3) is 0 Å². The second-order valence-corrected chi connectivity index (χ2v) is 4.58. The van der Waals surface area contributed by atoms with Crippen molar-refractivity contribution in [3.05, 3.63) is 35.9 Å². The number of aliphatic hydroxyl groups is 1. The molecule has 84 valence electrons. The van der Waals surface area contributed by atoms with Gasteiger partial charge in [0, 0.05) is 6.42 Å². The molecule has 0 radical (unpaired) electrons. The summed E-state index contributed by atoms with van der Waals surface area (Å²) in [6.07, 6.45) is 8.71. The molecule has 0 amide bonds. The number of terminal acetylenes is 1. The summed E-state index contributed by atoms with van der Waals surface area (Å²) in [5, 5.41) is 9.98. The third-order valence-electron chi connectivity index (χ3n) is 3.38. The summed E-state index contributed by atoms with van der Waals surface area (Å²) >= 11 is 0. The molecule has 3 unspecified atom stereocenters. The minimum atomic E-state index is -0.168. The molecule has 0 aromatic heterocycles. The number of hydrogen-bond donors (Lipinski definition) is 1. The van der Waals surface area contributed by atoms with Crippen molar-refractivity contribution in [2.75, 3.05) is 0 Å². The molecule has 0 bridgehead atoms. The van der Waals surface area contributed by atoms with E-state index in [1.807, 2.05) is 6.07 Å². The number of rotatable bonds is 5. The lowest BCUT2D eigenvalue weighted by atomic mass is 10.0. The largest absolute Gasteiger partial charge is 0.393 e. The SMILES string of the molecule is C#CCCCC(O)C1CC1c1ccccc1. The molecule has 1 aliphatic rings. The maximum Gasteiger partial charge on any atom is 0.0574 e.